The van der Waals surface area contributed by atoms with E-state index in [-0.39, 0.29) is 12.2 Å². The Labute approximate surface area is 91.6 Å². The van der Waals surface area contributed by atoms with Gasteiger partial charge < -0.3 is 9.16 Å². The predicted octanol–water partition coefficient (Wildman–Crippen LogP) is 2.74. The fourth-order valence-corrected chi connectivity index (χ4v) is 1.22. The minimum atomic E-state index is 0.113. The summed E-state index contributed by atoms with van der Waals surface area (Å²) in [6.07, 6.45) is 5.75. The van der Waals surface area contributed by atoms with Crippen molar-refractivity contribution < 1.29 is 9.16 Å². The molecule has 0 unspecified atom stereocenters. The molecule has 0 aromatic carbocycles. The first kappa shape index (κ1) is 11.8. The van der Waals surface area contributed by atoms with Crippen LogP contribution in [-0.4, -0.2) is 18.0 Å². The third-order valence-electron chi connectivity index (χ3n) is 1.72. The second kappa shape index (κ2) is 4.96. The van der Waals surface area contributed by atoms with E-state index in [4.69, 9.17) is 15.7 Å². The number of hydrogen-bond donors (Lipinski definition) is 0. The maximum atomic E-state index is 5.79. The molecule has 0 aliphatic heterocycles. The first-order valence-corrected chi connectivity index (χ1v) is 5.22. The van der Waals surface area contributed by atoms with Gasteiger partial charge in [-0.25, -0.2) is 6.58 Å². The van der Waals surface area contributed by atoms with Crippen molar-refractivity contribution in [2.75, 3.05) is 0 Å². The van der Waals surface area contributed by atoms with Crippen LogP contribution in [-0.2, 0) is 9.16 Å². The van der Waals surface area contributed by atoms with E-state index >= 15 is 0 Å². The lowest BCUT2D eigenvalue weighted by Gasteiger charge is -2.15. The normalized spacial score (nSPS) is 18.9. The summed E-state index contributed by atoms with van der Waals surface area (Å²) in [6.45, 7) is 13.7. The lowest BCUT2D eigenvalue weighted by atomic mass is 10.1. The van der Waals surface area contributed by atoms with Crippen molar-refractivity contribution in [2.24, 2.45) is 0 Å². The average Bonchev–Trinajstić information content (AvgIpc) is 2.09. The van der Waals surface area contributed by atoms with Crippen LogP contribution in [0, 0.1) is 6.58 Å². The van der Waals surface area contributed by atoms with Gasteiger partial charge in [0.15, 0.2) is 0 Å². The van der Waals surface area contributed by atoms with Gasteiger partial charge in [0.25, 0.3) is 6.10 Å². The molecule has 2 nitrogen and oxygen atoms in total. The Kier molecular flexibility index (Phi) is 3.89. The summed E-state index contributed by atoms with van der Waals surface area (Å²) >= 11 is 0. The molecule has 0 saturated heterocycles. The number of hydrogen-bond acceptors (Lipinski definition) is 1. The van der Waals surface area contributed by atoms with Gasteiger partial charge in [0.1, 0.15) is 5.76 Å². The molecule has 0 bridgehead atoms. The van der Waals surface area contributed by atoms with Crippen LogP contribution in [0.15, 0.2) is 29.6 Å². The SMILES string of the molecule is [CH-]=C1C=CC(OC(C)C)=CC1=[O+]C(C)C. The molecule has 0 amide bonds. The summed E-state index contributed by atoms with van der Waals surface area (Å²) in [7, 11) is 0. The first-order valence-electron chi connectivity index (χ1n) is 5.22. The Morgan fingerprint density at radius 2 is 1.87 bits per heavy atom. The zero-order valence-electron chi connectivity index (χ0n) is 9.78. The van der Waals surface area contributed by atoms with Crippen molar-refractivity contribution in [3.8, 4) is 0 Å². The summed E-state index contributed by atoms with van der Waals surface area (Å²) in [6, 6.07) is 0. The largest absolute Gasteiger partial charge is 0.493 e. The van der Waals surface area contributed by atoms with E-state index in [1.807, 2.05) is 39.8 Å². The Bertz CT molecular complexity index is 330. The molecule has 1 aliphatic carbocycles. The summed E-state index contributed by atoms with van der Waals surface area (Å²) in [4.78, 5) is 0. The fraction of sp³-hybridized carbons (Fsp3) is 0.462. The van der Waals surface area contributed by atoms with Crippen LogP contribution in [0.4, 0.5) is 0 Å². The van der Waals surface area contributed by atoms with Crippen LogP contribution < -0.4 is 0 Å². The summed E-state index contributed by atoms with van der Waals surface area (Å²) < 4.78 is 11.1. The number of ether oxygens (including phenoxy) is 1. The molecule has 1 rings (SSSR count). The Morgan fingerprint density at radius 1 is 1.20 bits per heavy atom. The molecule has 0 aromatic heterocycles. The molecule has 0 aromatic rings. The van der Waals surface area contributed by atoms with Gasteiger partial charge in [-0.1, -0.05) is 11.6 Å². The topological polar surface area (TPSA) is 20.5 Å². The van der Waals surface area contributed by atoms with E-state index in [9.17, 15) is 0 Å². The second-order valence-electron chi connectivity index (χ2n) is 4.03. The Morgan fingerprint density at radius 3 is 2.40 bits per heavy atom. The lowest BCUT2D eigenvalue weighted by Crippen LogP contribution is -2.12. The van der Waals surface area contributed by atoms with Gasteiger partial charge in [-0.15, -0.1) is 0 Å². The molecule has 1 aliphatic rings. The fourth-order valence-electron chi connectivity index (χ4n) is 1.22. The maximum Gasteiger partial charge on any atom is 0.251 e. The monoisotopic (exact) mass is 206 g/mol. The standard InChI is InChI=1S/C13H18O2/c1-9(2)14-12-7-6-11(5)13(8-12)15-10(3)4/h5-10H,1-4H3. The van der Waals surface area contributed by atoms with Crippen molar-refractivity contribution >= 4 is 5.78 Å². The Balaban J connectivity index is 2.85. The quantitative estimate of drug-likeness (QED) is 0.395. The van der Waals surface area contributed by atoms with Crippen LogP contribution in [0.5, 0.6) is 0 Å². The first-order chi connectivity index (χ1) is 6.99. The summed E-state index contributed by atoms with van der Waals surface area (Å²) in [5.74, 6) is 1.47. The minimum Gasteiger partial charge on any atom is -0.493 e. The Hall–Kier alpha value is -1.31. The van der Waals surface area contributed by atoms with Crippen molar-refractivity contribution in [1.29, 1.82) is 0 Å². The van der Waals surface area contributed by atoms with Gasteiger partial charge in [0.2, 0.25) is 5.78 Å². The molecule has 0 N–H and O–H groups in total. The molecular weight excluding hydrogens is 188 g/mol. The molecule has 0 radical (unpaired) electrons. The summed E-state index contributed by atoms with van der Waals surface area (Å²) in [5.41, 5.74) is 0.639. The average molecular weight is 206 g/mol. The van der Waals surface area contributed by atoms with Crippen molar-refractivity contribution in [3.05, 3.63) is 36.1 Å². The van der Waals surface area contributed by atoms with Gasteiger partial charge in [-0.05, 0) is 13.8 Å². The van der Waals surface area contributed by atoms with Gasteiger partial charge in [-0.2, -0.15) is 6.08 Å². The molecule has 82 valence electrons. The van der Waals surface area contributed by atoms with Gasteiger partial charge in [0, 0.05) is 19.9 Å². The molecule has 0 heterocycles. The molecule has 0 fully saturated rings. The molecule has 2 heteroatoms. The number of allylic oxidation sites excluding steroid dienone is 4. The van der Waals surface area contributed by atoms with Crippen LogP contribution in [0.3, 0.4) is 0 Å². The van der Waals surface area contributed by atoms with Gasteiger partial charge >= 0.3 is 0 Å². The highest BCUT2D eigenvalue weighted by Crippen LogP contribution is 2.14. The predicted molar refractivity (Wildman–Crippen MR) is 61.4 cm³/mol. The third kappa shape index (κ3) is 3.74. The molecule has 15 heavy (non-hydrogen) atoms. The second-order valence-corrected chi connectivity index (χ2v) is 4.03. The smallest absolute Gasteiger partial charge is 0.251 e. The zero-order chi connectivity index (χ0) is 11.4. The molecule has 0 saturated carbocycles. The highest BCUT2D eigenvalue weighted by molar-refractivity contribution is 6.07. The van der Waals surface area contributed by atoms with Crippen LogP contribution in [0.1, 0.15) is 27.7 Å². The number of ketones is 1. The van der Waals surface area contributed by atoms with Crippen molar-refractivity contribution in [2.45, 2.75) is 39.9 Å². The van der Waals surface area contributed by atoms with E-state index in [1.54, 1.807) is 6.08 Å². The third-order valence-corrected chi connectivity index (χ3v) is 1.72. The van der Waals surface area contributed by atoms with E-state index < -0.39 is 0 Å². The molecule has 0 atom stereocenters. The number of carbonyl (C=O) groups excluding carboxylic acids is 1. The summed E-state index contributed by atoms with van der Waals surface area (Å²) in [5, 5.41) is 0. The van der Waals surface area contributed by atoms with E-state index in [0.29, 0.717) is 11.4 Å². The zero-order valence-corrected chi connectivity index (χ0v) is 9.78. The lowest BCUT2D eigenvalue weighted by molar-refractivity contribution is -0.492. The van der Waals surface area contributed by atoms with E-state index in [1.165, 1.54) is 0 Å². The van der Waals surface area contributed by atoms with Crippen LogP contribution >= 0.6 is 0 Å². The van der Waals surface area contributed by atoms with Crippen molar-refractivity contribution in [1.82, 2.24) is 0 Å². The molecular formula is C13H18O2. The minimum absolute atomic E-state index is 0.113. The van der Waals surface area contributed by atoms with Crippen LogP contribution in [0.2, 0.25) is 0 Å². The maximum absolute atomic E-state index is 5.79. The van der Waals surface area contributed by atoms with Crippen molar-refractivity contribution in [3.63, 3.8) is 0 Å². The van der Waals surface area contributed by atoms with Gasteiger partial charge in [-0.3, -0.25) is 0 Å². The number of rotatable bonds is 3. The van der Waals surface area contributed by atoms with Crippen LogP contribution in [0.25, 0.3) is 0 Å². The van der Waals surface area contributed by atoms with Gasteiger partial charge in [0.05, 0.1) is 6.10 Å². The highest BCUT2D eigenvalue weighted by atomic mass is 16.5. The molecule has 0 spiro atoms. The van der Waals surface area contributed by atoms with E-state index in [2.05, 4.69) is 0 Å². The highest BCUT2D eigenvalue weighted by Gasteiger charge is 2.11. The van der Waals surface area contributed by atoms with E-state index in [0.717, 1.165) is 5.76 Å².